The molecule has 162 valence electrons. The third-order valence-corrected chi connectivity index (χ3v) is 5.30. The predicted molar refractivity (Wildman–Crippen MR) is 111 cm³/mol. The van der Waals surface area contributed by atoms with E-state index in [9.17, 15) is 13.6 Å². The molecule has 1 saturated heterocycles. The summed E-state index contributed by atoms with van der Waals surface area (Å²) in [5.41, 5.74) is 6.51. The molecular weight excluding hydrogens is 404 g/mol. The smallest absolute Gasteiger partial charge is 0.271 e. The molecule has 8 heteroatoms. The number of halogens is 2. The van der Waals surface area contributed by atoms with Crippen LogP contribution in [0.3, 0.4) is 0 Å². The third-order valence-electron chi connectivity index (χ3n) is 5.30. The highest BCUT2D eigenvalue weighted by molar-refractivity contribution is 5.97. The van der Waals surface area contributed by atoms with E-state index < -0.39 is 23.1 Å². The highest BCUT2D eigenvalue weighted by Gasteiger charge is 2.24. The van der Waals surface area contributed by atoms with Crippen molar-refractivity contribution in [3.05, 3.63) is 65.4 Å². The van der Waals surface area contributed by atoms with Gasteiger partial charge in [0.15, 0.2) is 11.5 Å². The molecule has 0 radical (unpaired) electrons. The van der Waals surface area contributed by atoms with Gasteiger partial charge in [0, 0.05) is 18.7 Å². The fourth-order valence-corrected chi connectivity index (χ4v) is 3.65. The molecule has 0 saturated carbocycles. The van der Waals surface area contributed by atoms with Crippen molar-refractivity contribution in [2.45, 2.75) is 12.8 Å². The molecule has 0 bridgehead atoms. The van der Waals surface area contributed by atoms with Gasteiger partial charge in [0.2, 0.25) is 5.89 Å². The second-order valence-corrected chi connectivity index (χ2v) is 7.41. The highest BCUT2D eigenvalue weighted by atomic mass is 19.1. The van der Waals surface area contributed by atoms with Crippen molar-refractivity contribution in [3.63, 3.8) is 0 Å². The number of oxazole rings is 1. The monoisotopic (exact) mass is 427 g/mol. The summed E-state index contributed by atoms with van der Waals surface area (Å²) in [6, 6.07) is 10.9. The summed E-state index contributed by atoms with van der Waals surface area (Å²) in [6.45, 7) is 4.51. The van der Waals surface area contributed by atoms with Crippen molar-refractivity contribution < 1.29 is 22.7 Å². The zero-order valence-corrected chi connectivity index (χ0v) is 16.9. The number of benzene rings is 2. The van der Waals surface area contributed by atoms with E-state index in [0.717, 1.165) is 63.4 Å². The summed E-state index contributed by atoms with van der Waals surface area (Å²) in [7, 11) is 0. The van der Waals surface area contributed by atoms with Gasteiger partial charge in [-0.3, -0.25) is 9.69 Å². The van der Waals surface area contributed by atoms with Gasteiger partial charge in [0.1, 0.15) is 17.2 Å². The summed E-state index contributed by atoms with van der Waals surface area (Å²) in [5, 5.41) is 0. The second kappa shape index (κ2) is 9.36. The number of carbonyl (C=O) groups is 1. The molecule has 31 heavy (non-hydrogen) atoms. The number of morpholine rings is 1. The van der Waals surface area contributed by atoms with Crippen LogP contribution in [0, 0.1) is 11.6 Å². The van der Waals surface area contributed by atoms with Crippen LogP contribution < -0.4 is 5.73 Å². The molecule has 1 aromatic heterocycles. The van der Waals surface area contributed by atoms with E-state index in [1.54, 1.807) is 12.1 Å². The van der Waals surface area contributed by atoms with Gasteiger partial charge >= 0.3 is 0 Å². The lowest BCUT2D eigenvalue weighted by Crippen LogP contribution is -2.36. The molecule has 6 nitrogen and oxygen atoms in total. The molecule has 2 aromatic carbocycles. The topological polar surface area (TPSA) is 81.6 Å². The minimum absolute atomic E-state index is 0.0880. The number of nitrogens with zero attached hydrogens (tertiary/aromatic N) is 2. The van der Waals surface area contributed by atoms with Crippen molar-refractivity contribution in [1.29, 1.82) is 0 Å². The highest BCUT2D eigenvalue weighted by Crippen LogP contribution is 2.32. The molecule has 0 unspecified atom stereocenters. The van der Waals surface area contributed by atoms with Gasteiger partial charge in [0.05, 0.1) is 13.2 Å². The second-order valence-electron chi connectivity index (χ2n) is 7.41. The predicted octanol–water partition coefficient (Wildman–Crippen LogP) is 3.65. The van der Waals surface area contributed by atoms with E-state index in [-0.39, 0.29) is 17.3 Å². The minimum atomic E-state index is -0.837. The first-order chi connectivity index (χ1) is 15.0. The van der Waals surface area contributed by atoms with Crippen LogP contribution in [-0.2, 0) is 11.2 Å². The normalized spacial score (nSPS) is 14.6. The summed E-state index contributed by atoms with van der Waals surface area (Å²) in [6.07, 6.45) is 1.92. The Kier molecular flexibility index (Phi) is 6.39. The van der Waals surface area contributed by atoms with Crippen molar-refractivity contribution in [2.24, 2.45) is 5.73 Å². The molecule has 2 N–H and O–H groups in total. The van der Waals surface area contributed by atoms with Crippen LogP contribution in [-0.4, -0.2) is 48.6 Å². The van der Waals surface area contributed by atoms with Crippen molar-refractivity contribution in [3.8, 4) is 22.8 Å². The first kappa shape index (κ1) is 21.1. The van der Waals surface area contributed by atoms with Gasteiger partial charge in [-0.05, 0) is 37.1 Å². The van der Waals surface area contributed by atoms with Crippen LogP contribution in [0.2, 0.25) is 0 Å². The number of amides is 1. The number of hydrogen-bond donors (Lipinski definition) is 1. The Morgan fingerprint density at radius 1 is 1.06 bits per heavy atom. The first-order valence-electron chi connectivity index (χ1n) is 10.2. The maximum Gasteiger partial charge on any atom is 0.271 e. The van der Waals surface area contributed by atoms with E-state index in [2.05, 4.69) is 9.88 Å². The van der Waals surface area contributed by atoms with Gasteiger partial charge in [-0.2, -0.15) is 0 Å². The van der Waals surface area contributed by atoms with Crippen LogP contribution in [0.5, 0.6) is 0 Å². The van der Waals surface area contributed by atoms with E-state index in [1.807, 2.05) is 12.1 Å². The Bertz CT molecular complexity index is 1040. The quantitative estimate of drug-likeness (QED) is 0.623. The molecule has 2 heterocycles. The Labute approximate surface area is 178 Å². The van der Waals surface area contributed by atoms with Crippen LogP contribution in [0.25, 0.3) is 22.8 Å². The number of carbonyl (C=O) groups excluding carboxylic acids is 1. The van der Waals surface area contributed by atoms with Crippen LogP contribution in [0.4, 0.5) is 8.78 Å². The summed E-state index contributed by atoms with van der Waals surface area (Å²) in [5.74, 6) is -2.74. The fourth-order valence-electron chi connectivity index (χ4n) is 3.65. The van der Waals surface area contributed by atoms with Gasteiger partial charge in [0.25, 0.3) is 5.91 Å². The SMILES string of the molecule is NC(=O)c1nc(-c2c(F)cccc2F)oc1-c1ccc(CCCN2CCOCC2)cc1. The molecule has 1 aliphatic heterocycles. The summed E-state index contributed by atoms with van der Waals surface area (Å²) < 4.78 is 39.2. The Morgan fingerprint density at radius 3 is 2.39 bits per heavy atom. The Morgan fingerprint density at radius 2 is 1.74 bits per heavy atom. The van der Waals surface area contributed by atoms with Crippen LogP contribution >= 0.6 is 0 Å². The van der Waals surface area contributed by atoms with Crippen LogP contribution in [0.15, 0.2) is 46.9 Å². The molecule has 4 rings (SSSR count). The van der Waals surface area contributed by atoms with Crippen LogP contribution in [0.1, 0.15) is 22.5 Å². The Balaban J connectivity index is 1.52. The first-order valence-corrected chi connectivity index (χ1v) is 10.2. The number of hydrogen-bond acceptors (Lipinski definition) is 5. The molecule has 1 fully saturated rings. The molecule has 1 aliphatic rings. The van der Waals surface area contributed by atoms with Gasteiger partial charge in [-0.15, -0.1) is 0 Å². The summed E-state index contributed by atoms with van der Waals surface area (Å²) >= 11 is 0. The standard InChI is InChI=1S/C23H23F2N3O3/c24-17-4-1-5-18(25)19(17)23-27-20(22(26)29)21(31-23)16-8-6-15(7-9-16)3-2-10-28-11-13-30-14-12-28/h1,4-9H,2-3,10-14H2,(H2,26,29). The maximum atomic E-state index is 14.1. The average molecular weight is 427 g/mol. The number of ether oxygens (including phenoxy) is 1. The lowest BCUT2D eigenvalue weighted by molar-refractivity contribution is 0.0374. The van der Waals surface area contributed by atoms with E-state index in [4.69, 9.17) is 14.9 Å². The fraction of sp³-hybridized carbons (Fsp3) is 0.304. The Hall–Kier alpha value is -3.10. The molecule has 1 amide bonds. The molecule has 0 spiro atoms. The lowest BCUT2D eigenvalue weighted by Gasteiger charge is -2.26. The van der Waals surface area contributed by atoms with E-state index >= 15 is 0 Å². The average Bonchev–Trinajstić information content (AvgIpc) is 3.20. The maximum absolute atomic E-state index is 14.1. The van der Waals surface area contributed by atoms with Gasteiger partial charge < -0.3 is 14.9 Å². The third kappa shape index (κ3) is 4.81. The summed E-state index contributed by atoms with van der Waals surface area (Å²) in [4.78, 5) is 18.2. The minimum Gasteiger partial charge on any atom is -0.435 e. The molecule has 0 aliphatic carbocycles. The molecule has 3 aromatic rings. The van der Waals surface area contributed by atoms with Crippen molar-refractivity contribution >= 4 is 5.91 Å². The number of rotatable bonds is 7. The largest absolute Gasteiger partial charge is 0.435 e. The number of primary amides is 1. The zero-order valence-electron chi connectivity index (χ0n) is 16.9. The van der Waals surface area contributed by atoms with Gasteiger partial charge in [-0.25, -0.2) is 13.8 Å². The number of aromatic nitrogens is 1. The van der Waals surface area contributed by atoms with E-state index in [0.29, 0.717) is 5.56 Å². The number of nitrogens with two attached hydrogens (primary N) is 1. The molecule has 0 atom stereocenters. The molecular formula is C23H23F2N3O3. The van der Waals surface area contributed by atoms with Crippen molar-refractivity contribution in [1.82, 2.24) is 9.88 Å². The van der Waals surface area contributed by atoms with E-state index in [1.165, 1.54) is 6.07 Å². The van der Waals surface area contributed by atoms with Crippen molar-refractivity contribution in [2.75, 3.05) is 32.8 Å². The van der Waals surface area contributed by atoms with Gasteiger partial charge in [-0.1, -0.05) is 30.3 Å². The number of aryl methyl sites for hydroxylation is 1. The lowest BCUT2D eigenvalue weighted by atomic mass is 10.0. The zero-order chi connectivity index (χ0) is 21.8.